The van der Waals surface area contributed by atoms with Gasteiger partial charge in [0.15, 0.2) is 0 Å². The largest absolute Gasteiger partial charge is 0.507 e. The predicted molar refractivity (Wildman–Crippen MR) is 132 cm³/mol. The molecule has 0 aliphatic carbocycles. The third-order valence-electron chi connectivity index (χ3n) is 6.51. The van der Waals surface area contributed by atoms with Crippen molar-refractivity contribution in [2.24, 2.45) is 0 Å². The highest BCUT2D eigenvalue weighted by atomic mass is 16.5. The highest BCUT2D eigenvalue weighted by Gasteiger charge is 2.47. The van der Waals surface area contributed by atoms with E-state index >= 15 is 0 Å². The number of rotatable bonds is 3. The van der Waals surface area contributed by atoms with E-state index in [2.05, 4.69) is 0 Å². The molecular formula is C28H26N2O4. The number of carbonyl (C=O) groups is 2. The number of ether oxygens (including phenoxy) is 1. The van der Waals surface area contributed by atoms with Crippen molar-refractivity contribution < 1.29 is 19.4 Å². The summed E-state index contributed by atoms with van der Waals surface area (Å²) < 4.78 is 5.72. The molecule has 172 valence electrons. The first-order chi connectivity index (χ1) is 16.4. The second-order valence-corrected chi connectivity index (χ2v) is 8.82. The molecule has 3 aromatic carbocycles. The summed E-state index contributed by atoms with van der Waals surface area (Å²) in [5.74, 6) is -0.820. The first kappa shape index (κ1) is 21.8. The molecule has 0 aromatic heterocycles. The lowest BCUT2D eigenvalue weighted by Crippen LogP contribution is -2.30. The molecule has 2 aliphatic rings. The number of para-hydroxylation sites is 1. The van der Waals surface area contributed by atoms with Gasteiger partial charge in [-0.25, -0.2) is 0 Å². The summed E-state index contributed by atoms with van der Waals surface area (Å²) in [6.45, 7) is 5.17. The minimum atomic E-state index is -0.744. The molecule has 0 saturated carbocycles. The Morgan fingerprint density at radius 3 is 2.53 bits per heavy atom. The maximum atomic E-state index is 13.4. The molecule has 0 radical (unpaired) electrons. The zero-order valence-corrected chi connectivity index (χ0v) is 19.4. The fourth-order valence-corrected chi connectivity index (χ4v) is 4.72. The molecule has 1 fully saturated rings. The van der Waals surface area contributed by atoms with Gasteiger partial charge in [-0.3, -0.25) is 14.5 Å². The Labute approximate surface area is 198 Å². The van der Waals surface area contributed by atoms with E-state index in [1.807, 2.05) is 74.3 Å². The van der Waals surface area contributed by atoms with Crippen LogP contribution in [0.25, 0.3) is 5.76 Å². The zero-order valence-electron chi connectivity index (χ0n) is 19.4. The SMILES string of the molecule is Cc1cccc(C2/C(=C(/O)c3ccc4c(c3)N(C)CCO4)C(=O)C(=O)N2c2ccccc2C)c1. The van der Waals surface area contributed by atoms with Crippen LogP contribution in [0.5, 0.6) is 5.75 Å². The number of carbonyl (C=O) groups excluding carboxylic acids is 2. The van der Waals surface area contributed by atoms with Gasteiger partial charge in [0.2, 0.25) is 0 Å². The number of aryl methyl sites for hydroxylation is 2. The lowest BCUT2D eigenvalue weighted by atomic mass is 9.93. The second-order valence-electron chi connectivity index (χ2n) is 8.82. The van der Waals surface area contributed by atoms with Gasteiger partial charge in [0.1, 0.15) is 18.1 Å². The molecule has 5 rings (SSSR count). The Balaban J connectivity index is 1.72. The lowest BCUT2D eigenvalue weighted by Gasteiger charge is -2.28. The highest BCUT2D eigenvalue weighted by molar-refractivity contribution is 6.51. The van der Waals surface area contributed by atoms with Crippen LogP contribution in [-0.4, -0.2) is 37.0 Å². The van der Waals surface area contributed by atoms with E-state index in [4.69, 9.17) is 4.74 Å². The zero-order chi connectivity index (χ0) is 24.0. The van der Waals surface area contributed by atoms with Gasteiger partial charge < -0.3 is 14.7 Å². The van der Waals surface area contributed by atoms with Gasteiger partial charge in [0.05, 0.1) is 23.8 Å². The molecule has 1 saturated heterocycles. The number of hydrogen-bond acceptors (Lipinski definition) is 5. The average Bonchev–Trinajstić information content (AvgIpc) is 3.09. The van der Waals surface area contributed by atoms with Gasteiger partial charge in [-0.1, -0.05) is 48.0 Å². The molecule has 34 heavy (non-hydrogen) atoms. The Morgan fingerprint density at radius 2 is 1.76 bits per heavy atom. The van der Waals surface area contributed by atoms with Crippen molar-refractivity contribution >= 4 is 28.8 Å². The van der Waals surface area contributed by atoms with E-state index in [-0.39, 0.29) is 11.3 Å². The van der Waals surface area contributed by atoms with E-state index < -0.39 is 17.7 Å². The highest BCUT2D eigenvalue weighted by Crippen LogP contribution is 2.44. The third-order valence-corrected chi connectivity index (χ3v) is 6.51. The number of benzene rings is 3. The fourth-order valence-electron chi connectivity index (χ4n) is 4.72. The van der Waals surface area contributed by atoms with Crippen LogP contribution in [0.1, 0.15) is 28.3 Å². The van der Waals surface area contributed by atoms with Crippen LogP contribution in [0, 0.1) is 13.8 Å². The summed E-state index contributed by atoms with van der Waals surface area (Å²) in [4.78, 5) is 30.3. The normalized spacial score (nSPS) is 19.2. The monoisotopic (exact) mass is 454 g/mol. The minimum Gasteiger partial charge on any atom is -0.507 e. The molecular weight excluding hydrogens is 428 g/mol. The summed E-state index contributed by atoms with van der Waals surface area (Å²) in [5.41, 5.74) is 4.66. The van der Waals surface area contributed by atoms with Gasteiger partial charge in [0.25, 0.3) is 11.7 Å². The summed E-state index contributed by atoms with van der Waals surface area (Å²) >= 11 is 0. The Bertz CT molecular complexity index is 1340. The Hall–Kier alpha value is -4.06. The van der Waals surface area contributed by atoms with Gasteiger partial charge in [0, 0.05) is 18.3 Å². The van der Waals surface area contributed by atoms with E-state index in [0.29, 0.717) is 17.9 Å². The molecule has 1 unspecified atom stereocenters. The number of ketones is 1. The first-order valence-corrected chi connectivity index (χ1v) is 11.3. The van der Waals surface area contributed by atoms with E-state index in [1.165, 1.54) is 4.90 Å². The van der Waals surface area contributed by atoms with Gasteiger partial charge >= 0.3 is 0 Å². The number of amides is 1. The summed E-state index contributed by atoms with van der Waals surface area (Å²) in [5, 5.41) is 11.5. The maximum absolute atomic E-state index is 13.4. The standard InChI is InChI=1S/C28H26N2O4/c1-17-7-6-9-19(15-17)25-24(27(32)28(33)30(25)21-10-5-4-8-18(21)2)26(31)20-11-12-23-22(16-20)29(3)13-14-34-23/h4-12,15-16,25,31H,13-14H2,1-3H3/b26-24-. The number of hydrogen-bond donors (Lipinski definition) is 1. The van der Waals surface area contributed by atoms with Crippen LogP contribution in [0.2, 0.25) is 0 Å². The number of fused-ring (bicyclic) bond motifs is 1. The summed E-state index contributed by atoms with van der Waals surface area (Å²) in [6.07, 6.45) is 0. The van der Waals surface area contributed by atoms with Crippen LogP contribution < -0.4 is 14.5 Å². The molecule has 6 heteroatoms. The Morgan fingerprint density at radius 1 is 0.971 bits per heavy atom. The van der Waals surface area contributed by atoms with Crippen molar-refractivity contribution in [2.75, 3.05) is 30.0 Å². The minimum absolute atomic E-state index is 0.0817. The second kappa shape index (κ2) is 8.37. The molecule has 2 aliphatic heterocycles. The van der Waals surface area contributed by atoms with Crippen LogP contribution >= 0.6 is 0 Å². The predicted octanol–water partition coefficient (Wildman–Crippen LogP) is 4.76. The van der Waals surface area contributed by atoms with Gasteiger partial charge in [-0.2, -0.15) is 0 Å². The van der Waals surface area contributed by atoms with Crippen LogP contribution in [-0.2, 0) is 9.59 Å². The molecule has 6 nitrogen and oxygen atoms in total. The number of anilines is 2. The lowest BCUT2D eigenvalue weighted by molar-refractivity contribution is -0.132. The number of aliphatic hydroxyl groups is 1. The van der Waals surface area contributed by atoms with Gasteiger partial charge in [-0.15, -0.1) is 0 Å². The fraction of sp³-hybridized carbons (Fsp3) is 0.214. The molecule has 3 aromatic rings. The molecule has 0 bridgehead atoms. The first-order valence-electron chi connectivity index (χ1n) is 11.3. The van der Waals surface area contributed by atoms with Crippen molar-refractivity contribution in [3.8, 4) is 5.75 Å². The molecule has 1 atom stereocenters. The summed E-state index contributed by atoms with van der Waals surface area (Å²) in [6, 6.07) is 19.7. The average molecular weight is 455 g/mol. The van der Waals surface area contributed by atoms with Crippen molar-refractivity contribution in [1.82, 2.24) is 0 Å². The number of nitrogens with zero attached hydrogens (tertiary/aromatic N) is 2. The van der Waals surface area contributed by atoms with E-state index in [1.54, 1.807) is 18.2 Å². The molecule has 0 spiro atoms. The van der Waals surface area contributed by atoms with Crippen molar-refractivity contribution in [2.45, 2.75) is 19.9 Å². The van der Waals surface area contributed by atoms with Crippen LogP contribution in [0.4, 0.5) is 11.4 Å². The Kier molecular flexibility index (Phi) is 5.36. The van der Waals surface area contributed by atoms with Crippen molar-refractivity contribution in [1.29, 1.82) is 0 Å². The molecule has 1 amide bonds. The van der Waals surface area contributed by atoms with Gasteiger partial charge in [-0.05, 0) is 49.2 Å². The number of aliphatic hydroxyl groups excluding tert-OH is 1. The van der Waals surface area contributed by atoms with E-state index in [9.17, 15) is 14.7 Å². The number of likely N-dealkylation sites (N-methyl/N-ethyl adjacent to an activating group) is 1. The number of Topliss-reactive ketones (excluding diaryl/α,β-unsaturated/α-hetero) is 1. The molecule has 1 N–H and O–H groups in total. The van der Waals surface area contributed by atoms with E-state index in [0.717, 1.165) is 34.7 Å². The quantitative estimate of drug-likeness (QED) is 0.351. The van der Waals surface area contributed by atoms with Crippen LogP contribution in [0.3, 0.4) is 0 Å². The topological polar surface area (TPSA) is 70.1 Å². The van der Waals surface area contributed by atoms with Crippen LogP contribution in [0.15, 0.2) is 72.3 Å². The van der Waals surface area contributed by atoms with Crippen molar-refractivity contribution in [3.05, 3.63) is 94.6 Å². The van der Waals surface area contributed by atoms with Crippen molar-refractivity contribution in [3.63, 3.8) is 0 Å². The summed E-state index contributed by atoms with van der Waals surface area (Å²) in [7, 11) is 1.95. The third kappa shape index (κ3) is 3.52. The maximum Gasteiger partial charge on any atom is 0.300 e. The molecule has 2 heterocycles. The smallest absolute Gasteiger partial charge is 0.300 e.